The maximum atomic E-state index is 11.6. The Morgan fingerprint density at radius 1 is 1.24 bits per heavy atom. The fraction of sp³-hybridized carbons (Fsp3) is 0.312. The van der Waals surface area contributed by atoms with Gasteiger partial charge in [-0.15, -0.1) is 0 Å². The van der Waals surface area contributed by atoms with Crippen molar-refractivity contribution in [1.82, 2.24) is 4.57 Å². The Hall–Kier alpha value is -2.27. The van der Waals surface area contributed by atoms with Gasteiger partial charge in [-0.1, -0.05) is 12.1 Å². The van der Waals surface area contributed by atoms with Crippen LogP contribution in [0.5, 0.6) is 5.75 Å². The first-order valence-electron chi connectivity index (χ1n) is 6.85. The maximum absolute atomic E-state index is 11.6. The lowest BCUT2D eigenvalue weighted by Gasteiger charge is -2.08. The zero-order valence-corrected chi connectivity index (χ0v) is 12.1. The highest BCUT2D eigenvalue weighted by atomic mass is 16.5. The maximum Gasteiger partial charge on any atom is 0.250 e. The van der Waals surface area contributed by atoms with E-state index in [9.17, 15) is 4.79 Å². The van der Waals surface area contributed by atoms with Gasteiger partial charge in [0.15, 0.2) is 0 Å². The molecule has 5 heteroatoms. The Kier molecular flexibility index (Phi) is 5.40. The molecule has 1 heterocycles. The zero-order chi connectivity index (χ0) is 15.1. The predicted octanol–water partition coefficient (Wildman–Crippen LogP) is 2.05. The predicted molar refractivity (Wildman–Crippen MR) is 82.4 cm³/mol. The molecule has 0 saturated heterocycles. The number of aromatic nitrogens is 1. The van der Waals surface area contributed by atoms with E-state index in [0.717, 1.165) is 17.7 Å². The number of aryl methyl sites for hydroxylation is 1. The molecule has 5 nitrogen and oxygen atoms in total. The van der Waals surface area contributed by atoms with Crippen LogP contribution in [0.1, 0.15) is 12.0 Å². The Morgan fingerprint density at radius 3 is 2.90 bits per heavy atom. The van der Waals surface area contributed by atoms with Crippen LogP contribution in [0.25, 0.3) is 0 Å². The number of anilines is 1. The van der Waals surface area contributed by atoms with Crippen LogP contribution in [-0.2, 0) is 17.9 Å². The zero-order valence-electron chi connectivity index (χ0n) is 12.1. The number of rotatable bonds is 7. The molecule has 2 rings (SSSR count). The van der Waals surface area contributed by atoms with Crippen molar-refractivity contribution in [1.29, 1.82) is 0 Å². The Balaban J connectivity index is 1.75. The summed E-state index contributed by atoms with van der Waals surface area (Å²) < 4.78 is 12.4. The van der Waals surface area contributed by atoms with Crippen molar-refractivity contribution in [3.05, 3.63) is 58.5 Å². The van der Waals surface area contributed by atoms with Gasteiger partial charge in [0.1, 0.15) is 5.75 Å². The molecule has 0 saturated carbocycles. The SMILES string of the molecule is COc1cccc(COCCCn2cc(N)ccc2=O)c1. The van der Waals surface area contributed by atoms with E-state index in [1.165, 1.54) is 6.07 Å². The largest absolute Gasteiger partial charge is 0.497 e. The molecule has 2 N–H and O–H groups in total. The van der Waals surface area contributed by atoms with Crippen molar-refractivity contribution in [3.8, 4) is 5.75 Å². The summed E-state index contributed by atoms with van der Waals surface area (Å²) >= 11 is 0. The fourth-order valence-corrected chi connectivity index (χ4v) is 2.01. The minimum Gasteiger partial charge on any atom is -0.497 e. The second-order valence-corrected chi connectivity index (χ2v) is 4.75. The number of nitrogen functional groups attached to an aromatic ring is 1. The van der Waals surface area contributed by atoms with Gasteiger partial charge in [-0.25, -0.2) is 0 Å². The van der Waals surface area contributed by atoms with Crippen molar-refractivity contribution in [2.24, 2.45) is 0 Å². The summed E-state index contributed by atoms with van der Waals surface area (Å²) in [5.41, 5.74) is 7.27. The van der Waals surface area contributed by atoms with Crippen LogP contribution in [0.15, 0.2) is 47.4 Å². The van der Waals surface area contributed by atoms with Gasteiger partial charge < -0.3 is 19.8 Å². The number of hydrogen-bond donors (Lipinski definition) is 1. The van der Waals surface area contributed by atoms with Crippen LogP contribution < -0.4 is 16.0 Å². The van der Waals surface area contributed by atoms with Crippen LogP contribution in [0, 0.1) is 0 Å². The molecule has 1 aromatic heterocycles. The number of methoxy groups -OCH3 is 1. The number of hydrogen-bond acceptors (Lipinski definition) is 4. The third kappa shape index (κ3) is 4.65. The van der Waals surface area contributed by atoms with Gasteiger partial charge in [0.25, 0.3) is 5.56 Å². The molecule has 0 atom stereocenters. The molecule has 0 amide bonds. The van der Waals surface area contributed by atoms with E-state index in [4.69, 9.17) is 15.2 Å². The van der Waals surface area contributed by atoms with E-state index >= 15 is 0 Å². The lowest BCUT2D eigenvalue weighted by atomic mass is 10.2. The van der Waals surface area contributed by atoms with Crippen molar-refractivity contribution in [2.45, 2.75) is 19.6 Å². The van der Waals surface area contributed by atoms with Gasteiger partial charge in [-0.3, -0.25) is 4.79 Å². The van der Waals surface area contributed by atoms with E-state index in [1.54, 1.807) is 23.9 Å². The molecule has 112 valence electrons. The normalized spacial score (nSPS) is 10.5. The third-order valence-corrected chi connectivity index (χ3v) is 3.10. The number of ether oxygens (including phenoxy) is 2. The number of nitrogens with zero attached hydrogens (tertiary/aromatic N) is 1. The quantitative estimate of drug-likeness (QED) is 0.792. The first-order chi connectivity index (χ1) is 10.2. The van der Waals surface area contributed by atoms with Crippen molar-refractivity contribution in [3.63, 3.8) is 0 Å². The second-order valence-electron chi connectivity index (χ2n) is 4.75. The number of benzene rings is 1. The molecule has 0 bridgehead atoms. The highest BCUT2D eigenvalue weighted by Gasteiger charge is 1.98. The standard InChI is InChI=1S/C16H20N2O3/c1-20-15-5-2-4-13(10-15)12-21-9-3-8-18-11-14(17)6-7-16(18)19/h2,4-7,10-11H,3,8-9,12,17H2,1H3. The van der Waals surface area contributed by atoms with Gasteiger partial charge >= 0.3 is 0 Å². The summed E-state index contributed by atoms with van der Waals surface area (Å²) in [6.07, 6.45) is 2.41. The summed E-state index contributed by atoms with van der Waals surface area (Å²) in [4.78, 5) is 11.6. The third-order valence-electron chi connectivity index (χ3n) is 3.10. The molecular weight excluding hydrogens is 268 g/mol. The van der Waals surface area contributed by atoms with Gasteiger partial charge in [0, 0.05) is 31.1 Å². The van der Waals surface area contributed by atoms with Crippen LogP contribution >= 0.6 is 0 Å². The summed E-state index contributed by atoms with van der Waals surface area (Å²) in [5.74, 6) is 0.822. The lowest BCUT2D eigenvalue weighted by Crippen LogP contribution is -2.19. The number of nitrogens with two attached hydrogens (primary N) is 1. The van der Waals surface area contributed by atoms with E-state index in [1.807, 2.05) is 24.3 Å². The highest BCUT2D eigenvalue weighted by molar-refractivity contribution is 5.33. The monoisotopic (exact) mass is 288 g/mol. The minimum absolute atomic E-state index is 0.0444. The van der Waals surface area contributed by atoms with Crippen molar-refractivity contribution in [2.75, 3.05) is 19.5 Å². The van der Waals surface area contributed by atoms with Crippen molar-refractivity contribution < 1.29 is 9.47 Å². The van der Waals surface area contributed by atoms with Gasteiger partial charge in [-0.05, 0) is 30.2 Å². The molecule has 0 radical (unpaired) electrons. The van der Waals surface area contributed by atoms with Crippen LogP contribution in [0.4, 0.5) is 5.69 Å². The molecule has 2 aromatic rings. The van der Waals surface area contributed by atoms with E-state index < -0.39 is 0 Å². The molecule has 0 aliphatic rings. The van der Waals surface area contributed by atoms with Gasteiger partial charge in [0.2, 0.25) is 0 Å². The molecule has 1 aromatic carbocycles. The van der Waals surface area contributed by atoms with Crippen molar-refractivity contribution >= 4 is 5.69 Å². The average Bonchev–Trinajstić information content (AvgIpc) is 2.50. The van der Waals surface area contributed by atoms with Crippen LogP contribution in [0.2, 0.25) is 0 Å². The van der Waals surface area contributed by atoms with E-state index in [2.05, 4.69) is 0 Å². The summed E-state index contributed by atoms with van der Waals surface area (Å²) in [5, 5.41) is 0. The Morgan fingerprint density at radius 2 is 2.10 bits per heavy atom. The Labute approximate surface area is 123 Å². The van der Waals surface area contributed by atoms with Gasteiger partial charge in [-0.2, -0.15) is 0 Å². The molecule has 0 unspecified atom stereocenters. The molecule has 0 spiro atoms. The van der Waals surface area contributed by atoms with Gasteiger partial charge in [0.05, 0.1) is 13.7 Å². The first-order valence-corrected chi connectivity index (χ1v) is 6.85. The molecule has 21 heavy (non-hydrogen) atoms. The molecular formula is C16H20N2O3. The molecule has 0 fully saturated rings. The lowest BCUT2D eigenvalue weighted by molar-refractivity contribution is 0.115. The Bertz CT molecular complexity index is 637. The second kappa shape index (κ2) is 7.50. The van der Waals surface area contributed by atoms with E-state index in [0.29, 0.717) is 25.4 Å². The molecule has 0 aliphatic carbocycles. The topological polar surface area (TPSA) is 66.5 Å². The van der Waals surface area contributed by atoms with E-state index in [-0.39, 0.29) is 5.56 Å². The fourth-order valence-electron chi connectivity index (χ4n) is 2.01. The first kappa shape index (κ1) is 15.1. The smallest absolute Gasteiger partial charge is 0.250 e. The van der Waals surface area contributed by atoms with Crippen LogP contribution in [-0.4, -0.2) is 18.3 Å². The molecule has 0 aliphatic heterocycles. The summed E-state index contributed by atoms with van der Waals surface area (Å²) in [6, 6.07) is 10.9. The van der Waals surface area contributed by atoms with Crippen LogP contribution in [0.3, 0.4) is 0 Å². The highest BCUT2D eigenvalue weighted by Crippen LogP contribution is 2.13. The average molecular weight is 288 g/mol. The summed E-state index contributed by atoms with van der Waals surface area (Å²) in [7, 11) is 1.64. The number of pyridine rings is 1. The summed E-state index contributed by atoms with van der Waals surface area (Å²) in [6.45, 7) is 1.71. The minimum atomic E-state index is -0.0444.